The molecule has 1 fully saturated rings. The van der Waals surface area contributed by atoms with Gasteiger partial charge in [0.1, 0.15) is 6.10 Å². The summed E-state index contributed by atoms with van der Waals surface area (Å²) >= 11 is 0. The second-order valence-electron chi connectivity index (χ2n) is 3.70. The number of aliphatic hydroxyl groups is 1. The molecule has 14 heavy (non-hydrogen) atoms. The van der Waals surface area contributed by atoms with Crippen LogP contribution in [-0.2, 0) is 18.4 Å². The summed E-state index contributed by atoms with van der Waals surface area (Å²) < 4.78 is 7.33. The Morgan fingerprint density at radius 1 is 1.64 bits per heavy atom. The SMILES string of the molecule is Cn1nc(C2CCCCO2)cc1CO. The highest BCUT2D eigenvalue weighted by molar-refractivity contribution is 5.12. The number of aromatic nitrogens is 2. The standard InChI is InChI=1S/C10H16N2O2/c1-12-8(7-13)6-9(11-12)10-4-2-3-5-14-10/h6,10,13H,2-5,7H2,1H3. The monoisotopic (exact) mass is 196 g/mol. The van der Waals surface area contributed by atoms with Crippen molar-refractivity contribution in [2.45, 2.75) is 32.0 Å². The van der Waals surface area contributed by atoms with E-state index in [1.165, 1.54) is 6.42 Å². The Kier molecular flexibility index (Phi) is 2.84. The maximum atomic E-state index is 9.03. The first-order valence-electron chi connectivity index (χ1n) is 5.06. The summed E-state index contributed by atoms with van der Waals surface area (Å²) in [5.74, 6) is 0. The van der Waals surface area contributed by atoms with Crippen LogP contribution in [0.15, 0.2) is 6.07 Å². The summed E-state index contributed by atoms with van der Waals surface area (Å²) in [7, 11) is 1.85. The Labute approximate surface area is 83.5 Å². The number of nitrogens with zero attached hydrogens (tertiary/aromatic N) is 2. The van der Waals surface area contributed by atoms with Crippen LogP contribution in [0.25, 0.3) is 0 Å². The molecule has 0 radical (unpaired) electrons. The van der Waals surface area contributed by atoms with Crippen molar-refractivity contribution in [1.29, 1.82) is 0 Å². The van der Waals surface area contributed by atoms with Crippen LogP contribution in [0.4, 0.5) is 0 Å². The molecule has 1 aromatic rings. The topological polar surface area (TPSA) is 47.3 Å². The van der Waals surface area contributed by atoms with Crippen molar-refractivity contribution >= 4 is 0 Å². The Balaban J connectivity index is 2.14. The van der Waals surface area contributed by atoms with Gasteiger partial charge in [0.05, 0.1) is 18.0 Å². The molecule has 4 nitrogen and oxygen atoms in total. The summed E-state index contributed by atoms with van der Waals surface area (Å²) in [5.41, 5.74) is 1.80. The van der Waals surface area contributed by atoms with Gasteiger partial charge in [-0.3, -0.25) is 4.68 Å². The predicted molar refractivity (Wildman–Crippen MR) is 51.7 cm³/mol. The van der Waals surface area contributed by atoms with Crippen LogP contribution in [0.5, 0.6) is 0 Å². The van der Waals surface area contributed by atoms with E-state index in [2.05, 4.69) is 5.10 Å². The molecular formula is C10H16N2O2. The van der Waals surface area contributed by atoms with Gasteiger partial charge in [-0.1, -0.05) is 0 Å². The Bertz CT molecular complexity index is 303. The molecule has 2 rings (SSSR count). The van der Waals surface area contributed by atoms with Gasteiger partial charge < -0.3 is 9.84 Å². The van der Waals surface area contributed by atoms with Gasteiger partial charge >= 0.3 is 0 Å². The number of hydrogen-bond acceptors (Lipinski definition) is 3. The van der Waals surface area contributed by atoms with Crippen molar-refractivity contribution in [2.24, 2.45) is 7.05 Å². The summed E-state index contributed by atoms with van der Waals surface area (Å²) in [6, 6.07) is 1.93. The van der Waals surface area contributed by atoms with Crippen molar-refractivity contribution < 1.29 is 9.84 Å². The summed E-state index contributed by atoms with van der Waals surface area (Å²) in [6.45, 7) is 0.867. The molecule has 1 atom stereocenters. The quantitative estimate of drug-likeness (QED) is 0.772. The summed E-state index contributed by atoms with van der Waals surface area (Å²) in [4.78, 5) is 0. The Morgan fingerprint density at radius 3 is 3.07 bits per heavy atom. The first-order chi connectivity index (χ1) is 6.81. The highest BCUT2D eigenvalue weighted by Gasteiger charge is 2.19. The molecule has 0 bridgehead atoms. The average molecular weight is 196 g/mol. The second kappa shape index (κ2) is 4.11. The van der Waals surface area contributed by atoms with Crippen molar-refractivity contribution in [3.05, 3.63) is 17.5 Å². The van der Waals surface area contributed by atoms with E-state index < -0.39 is 0 Å². The lowest BCUT2D eigenvalue weighted by molar-refractivity contribution is 0.0120. The van der Waals surface area contributed by atoms with Gasteiger partial charge in [-0.15, -0.1) is 0 Å². The molecule has 4 heteroatoms. The van der Waals surface area contributed by atoms with Crippen molar-refractivity contribution in [1.82, 2.24) is 9.78 Å². The van der Waals surface area contributed by atoms with Gasteiger partial charge in [-0.25, -0.2) is 0 Å². The predicted octanol–water partition coefficient (Wildman–Crippen LogP) is 1.15. The molecule has 0 amide bonds. The van der Waals surface area contributed by atoms with Gasteiger partial charge in [0.2, 0.25) is 0 Å². The molecule has 0 spiro atoms. The van der Waals surface area contributed by atoms with Gasteiger partial charge in [-0.2, -0.15) is 5.10 Å². The molecule has 0 aliphatic carbocycles. The minimum Gasteiger partial charge on any atom is -0.390 e. The van der Waals surface area contributed by atoms with Gasteiger partial charge in [0, 0.05) is 13.7 Å². The highest BCUT2D eigenvalue weighted by Crippen LogP contribution is 2.27. The Morgan fingerprint density at radius 2 is 2.50 bits per heavy atom. The van der Waals surface area contributed by atoms with E-state index in [4.69, 9.17) is 9.84 Å². The second-order valence-corrected chi connectivity index (χ2v) is 3.70. The normalized spacial score (nSPS) is 22.6. The molecule has 1 saturated heterocycles. The van der Waals surface area contributed by atoms with Crippen LogP contribution < -0.4 is 0 Å². The van der Waals surface area contributed by atoms with E-state index in [1.807, 2.05) is 13.1 Å². The fourth-order valence-corrected chi connectivity index (χ4v) is 1.81. The number of hydrogen-bond donors (Lipinski definition) is 1. The van der Waals surface area contributed by atoms with Crippen molar-refractivity contribution in [2.75, 3.05) is 6.61 Å². The third-order valence-corrected chi connectivity index (χ3v) is 2.67. The van der Waals surface area contributed by atoms with Crippen LogP contribution >= 0.6 is 0 Å². The molecule has 1 aliphatic heterocycles. The lowest BCUT2D eigenvalue weighted by Crippen LogP contribution is -2.12. The van der Waals surface area contributed by atoms with Gasteiger partial charge in [-0.05, 0) is 25.3 Å². The first-order valence-corrected chi connectivity index (χ1v) is 5.06. The lowest BCUT2D eigenvalue weighted by atomic mass is 10.1. The van der Waals surface area contributed by atoms with Crippen molar-refractivity contribution in [3.8, 4) is 0 Å². The first kappa shape index (κ1) is 9.68. The van der Waals surface area contributed by atoms with Crippen LogP contribution in [0.3, 0.4) is 0 Å². The lowest BCUT2D eigenvalue weighted by Gasteiger charge is -2.20. The van der Waals surface area contributed by atoms with Crippen LogP contribution in [0.1, 0.15) is 36.8 Å². The molecule has 1 aliphatic rings. The molecule has 0 aromatic carbocycles. The average Bonchev–Trinajstić information content (AvgIpc) is 2.61. The maximum absolute atomic E-state index is 9.03. The highest BCUT2D eigenvalue weighted by atomic mass is 16.5. The van der Waals surface area contributed by atoms with Crippen LogP contribution in [-0.4, -0.2) is 21.5 Å². The zero-order valence-electron chi connectivity index (χ0n) is 8.44. The molecule has 0 saturated carbocycles. The number of ether oxygens (including phenoxy) is 1. The molecule has 2 heterocycles. The van der Waals surface area contributed by atoms with E-state index in [0.29, 0.717) is 0 Å². The van der Waals surface area contributed by atoms with Crippen LogP contribution in [0.2, 0.25) is 0 Å². The molecular weight excluding hydrogens is 180 g/mol. The minimum atomic E-state index is 0.0379. The number of aliphatic hydroxyl groups excluding tert-OH is 1. The van der Waals surface area contributed by atoms with Crippen LogP contribution in [0, 0.1) is 0 Å². The zero-order chi connectivity index (χ0) is 9.97. The van der Waals surface area contributed by atoms with Gasteiger partial charge in [0.25, 0.3) is 0 Å². The third kappa shape index (κ3) is 1.81. The zero-order valence-corrected chi connectivity index (χ0v) is 8.44. The summed E-state index contributed by atoms with van der Waals surface area (Å²) in [5, 5.41) is 13.4. The fourth-order valence-electron chi connectivity index (χ4n) is 1.81. The minimum absolute atomic E-state index is 0.0379. The number of aryl methyl sites for hydroxylation is 1. The van der Waals surface area contributed by atoms with E-state index in [0.717, 1.165) is 30.8 Å². The van der Waals surface area contributed by atoms with Crippen molar-refractivity contribution in [3.63, 3.8) is 0 Å². The molecule has 1 unspecified atom stereocenters. The maximum Gasteiger partial charge on any atom is 0.101 e. The summed E-state index contributed by atoms with van der Waals surface area (Å²) in [6.07, 6.45) is 3.53. The molecule has 78 valence electrons. The largest absolute Gasteiger partial charge is 0.390 e. The van der Waals surface area contributed by atoms with E-state index >= 15 is 0 Å². The smallest absolute Gasteiger partial charge is 0.101 e. The third-order valence-electron chi connectivity index (χ3n) is 2.67. The molecule has 1 aromatic heterocycles. The van der Waals surface area contributed by atoms with E-state index in [-0.39, 0.29) is 12.7 Å². The number of rotatable bonds is 2. The fraction of sp³-hybridized carbons (Fsp3) is 0.700. The van der Waals surface area contributed by atoms with E-state index in [1.54, 1.807) is 4.68 Å². The Hall–Kier alpha value is -0.870. The van der Waals surface area contributed by atoms with E-state index in [9.17, 15) is 0 Å². The molecule has 1 N–H and O–H groups in total. The van der Waals surface area contributed by atoms with Gasteiger partial charge in [0.15, 0.2) is 0 Å².